The third-order valence-electron chi connectivity index (χ3n) is 5.52. The molecule has 0 radical (unpaired) electrons. The van der Waals surface area contributed by atoms with Crippen molar-refractivity contribution < 1.29 is 28.8 Å². The van der Waals surface area contributed by atoms with Crippen LogP contribution in [0.1, 0.15) is 48.3 Å². The van der Waals surface area contributed by atoms with Gasteiger partial charge < -0.3 is 20.5 Å². The molecule has 0 aromatic heterocycles. The summed E-state index contributed by atoms with van der Waals surface area (Å²) in [7, 11) is 1.21. The molecule has 0 fully saturated rings. The van der Waals surface area contributed by atoms with E-state index in [-0.39, 0.29) is 28.1 Å². The average molecular weight is 550 g/mol. The van der Waals surface area contributed by atoms with Crippen LogP contribution in [0.25, 0.3) is 0 Å². The highest BCUT2D eigenvalue weighted by Crippen LogP contribution is 2.33. The van der Waals surface area contributed by atoms with E-state index in [0.717, 1.165) is 0 Å². The maximum absolute atomic E-state index is 13.4. The second kappa shape index (κ2) is 13.6. The van der Waals surface area contributed by atoms with E-state index in [4.69, 9.17) is 20.6 Å². The molecular weight excluding hydrogens is 516 g/mol. The molecule has 6 N–H and O–H groups in total. The molecule has 1 atom stereocenters. The Morgan fingerprint density at radius 1 is 0.975 bits per heavy atom. The summed E-state index contributed by atoms with van der Waals surface area (Å²) in [4.78, 5) is 42.8. The molecule has 0 aliphatic heterocycles. The van der Waals surface area contributed by atoms with Crippen LogP contribution in [0.2, 0.25) is 0 Å². The van der Waals surface area contributed by atoms with Gasteiger partial charge in [0, 0.05) is 28.9 Å². The van der Waals surface area contributed by atoms with Gasteiger partial charge in [0.2, 0.25) is 0 Å². The van der Waals surface area contributed by atoms with Crippen LogP contribution in [0.4, 0.5) is 11.4 Å². The second-order valence-corrected chi connectivity index (χ2v) is 8.81. The highest BCUT2D eigenvalue weighted by Gasteiger charge is 2.24. The van der Waals surface area contributed by atoms with Crippen molar-refractivity contribution in [2.24, 2.45) is 5.73 Å². The van der Waals surface area contributed by atoms with E-state index in [1.807, 2.05) is 20.8 Å². The van der Waals surface area contributed by atoms with Crippen LogP contribution in [-0.2, 0) is 9.63 Å². The van der Waals surface area contributed by atoms with Crippen LogP contribution in [0.5, 0.6) is 11.5 Å². The van der Waals surface area contributed by atoms with Crippen molar-refractivity contribution in [1.82, 2.24) is 10.9 Å². The molecule has 210 valence electrons. The van der Waals surface area contributed by atoms with Crippen molar-refractivity contribution in [2.45, 2.75) is 32.9 Å². The van der Waals surface area contributed by atoms with E-state index in [1.165, 1.54) is 31.4 Å². The molecule has 0 aliphatic carbocycles. The number of rotatable bonds is 12. The van der Waals surface area contributed by atoms with Crippen LogP contribution >= 0.6 is 0 Å². The number of carbonyl (C=O) groups is 2. The molecule has 0 spiro atoms. The van der Waals surface area contributed by atoms with Gasteiger partial charge in [0.25, 0.3) is 16.7 Å². The number of benzene rings is 3. The standard InChI is InChI=1S/C28H32N6O6/c1-5-39-24-16-19(11-14-23(24)40-17(2)3)25(31-21-12-9-18(10-13-21)26(29)30)28(36)33-32-27(35)20-7-6-8-22(15-20)34(37)38-4/h6-17,25H,5H2,1-4H3,(H5-,29,30,31,32,33,35,36)/p+1. The third-order valence-corrected chi connectivity index (χ3v) is 5.52. The lowest BCUT2D eigenvalue weighted by molar-refractivity contribution is -0.736. The molecule has 0 aliphatic rings. The van der Waals surface area contributed by atoms with E-state index in [9.17, 15) is 14.5 Å². The Morgan fingerprint density at radius 3 is 2.33 bits per heavy atom. The summed E-state index contributed by atoms with van der Waals surface area (Å²) >= 11 is 0. The van der Waals surface area contributed by atoms with Crippen molar-refractivity contribution in [3.8, 4) is 11.5 Å². The molecule has 0 saturated carbocycles. The maximum Gasteiger partial charge on any atom is 0.317 e. The molecule has 3 aromatic rings. The number of ether oxygens (including phenoxy) is 2. The number of carbonyl (C=O) groups excluding carboxylic acids is 2. The Labute approximate surface area is 231 Å². The van der Waals surface area contributed by atoms with Crippen LogP contribution < -0.4 is 31.4 Å². The van der Waals surface area contributed by atoms with Crippen molar-refractivity contribution in [1.29, 1.82) is 5.41 Å². The Kier molecular flexibility index (Phi) is 10.0. The number of hydrazine groups is 1. The summed E-state index contributed by atoms with van der Waals surface area (Å²) in [5.41, 5.74) is 12.3. The summed E-state index contributed by atoms with van der Waals surface area (Å²) in [6.45, 7) is 6.02. The van der Waals surface area contributed by atoms with Gasteiger partial charge in [-0.05, 0) is 68.8 Å². The van der Waals surface area contributed by atoms with Gasteiger partial charge in [-0.1, -0.05) is 12.1 Å². The lowest BCUT2D eigenvalue weighted by Crippen LogP contribution is -2.45. The number of amides is 2. The summed E-state index contributed by atoms with van der Waals surface area (Å²) in [6.07, 6.45) is -0.0895. The highest BCUT2D eigenvalue weighted by atomic mass is 16.8. The van der Waals surface area contributed by atoms with Crippen molar-refractivity contribution in [2.75, 3.05) is 19.0 Å². The fourth-order valence-electron chi connectivity index (χ4n) is 3.67. The molecule has 0 heterocycles. The first-order chi connectivity index (χ1) is 19.1. The largest absolute Gasteiger partial charge is 0.490 e. The average Bonchev–Trinajstić information content (AvgIpc) is 2.95. The smallest absolute Gasteiger partial charge is 0.317 e. The molecule has 12 heteroatoms. The zero-order valence-corrected chi connectivity index (χ0v) is 22.7. The molecule has 3 aromatic carbocycles. The first-order valence-electron chi connectivity index (χ1n) is 12.5. The summed E-state index contributed by atoms with van der Waals surface area (Å²) < 4.78 is 11.6. The molecular formula is C28H33N6O6+. The number of hydrogen-bond donors (Lipinski definition) is 5. The number of hydrogen-bond acceptors (Lipinski definition) is 8. The quantitative estimate of drug-likeness (QED) is 0.129. The van der Waals surface area contributed by atoms with Gasteiger partial charge in [0.05, 0.1) is 17.6 Å². The lowest BCUT2D eigenvalue weighted by atomic mass is 10.0. The second-order valence-electron chi connectivity index (χ2n) is 8.81. The van der Waals surface area contributed by atoms with E-state index in [2.05, 4.69) is 21.0 Å². The van der Waals surface area contributed by atoms with Crippen LogP contribution in [0.3, 0.4) is 0 Å². The third kappa shape index (κ3) is 7.69. The van der Waals surface area contributed by atoms with Gasteiger partial charge >= 0.3 is 5.69 Å². The van der Waals surface area contributed by atoms with E-state index < -0.39 is 17.9 Å². The van der Waals surface area contributed by atoms with E-state index in [0.29, 0.717) is 34.9 Å². The summed E-state index contributed by atoms with van der Waals surface area (Å²) in [5.74, 6) is -0.314. The van der Waals surface area contributed by atoms with Gasteiger partial charge in [-0.25, -0.2) is 4.84 Å². The fraction of sp³-hybridized carbons (Fsp3) is 0.250. The molecule has 1 unspecified atom stereocenters. The van der Waals surface area contributed by atoms with E-state index in [1.54, 1.807) is 42.5 Å². The number of nitrogen functional groups attached to an aromatic ring is 1. The summed E-state index contributed by atoms with van der Waals surface area (Å²) in [6, 6.07) is 16.6. The number of anilines is 1. The first-order valence-corrected chi connectivity index (χ1v) is 12.5. The van der Waals surface area contributed by atoms with Crippen molar-refractivity contribution >= 4 is 29.0 Å². The zero-order chi connectivity index (χ0) is 29.2. The minimum atomic E-state index is -0.979. The summed E-state index contributed by atoms with van der Waals surface area (Å²) in [5, 5.41) is 10.7. The predicted molar refractivity (Wildman–Crippen MR) is 150 cm³/mol. The number of nitrogens with zero attached hydrogens (tertiary/aromatic N) is 1. The predicted octanol–water partition coefficient (Wildman–Crippen LogP) is 3.74. The van der Waals surface area contributed by atoms with Crippen molar-refractivity contribution in [3.05, 3.63) is 88.3 Å². The minimum absolute atomic E-state index is 0.0830. The van der Waals surface area contributed by atoms with Gasteiger partial charge in [-0.2, -0.15) is 0 Å². The molecule has 12 nitrogen and oxygen atoms in total. The van der Waals surface area contributed by atoms with Gasteiger partial charge in [0.1, 0.15) is 11.9 Å². The monoisotopic (exact) mass is 549 g/mol. The van der Waals surface area contributed by atoms with E-state index >= 15 is 0 Å². The van der Waals surface area contributed by atoms with Gasteiger partial charge in [-0.3, -0.25) is 25.8 Å². The SMILES string of the molecule is CCOc1cc(C(Nc2ccc(C(=N)N)cc2)C(=O)NNC(=O)c2cccc([N+](=O)OC)c2)ccc1OC(C)C. The Balaban J connectivity index is 1.88. The normalized spacial score (nSPS) is 11.2. The molecule has 3 rings (SSSR count). The Bertz CT molecular complexity index is 1380. The van der Waals surface area contributed by atoms with Gasteiger partial charge in [0.15, 0.2) is 18.6 Å². The minimum Gasteiger partial charge on any atom is -0.490 e. The van der Waals surface area contributed by atoms with Crippen LogP contribution in [0, 0.1) is 10.3 Å². The highest BCUT2D eigenvalue weighted by molar-refractivity contribution is 5.97. The lowest BCUT2D eigenvalue weighted by Gasteiger charge is -2.22. The zero-order valence-electron chi connectivity index (χ0n) is 22.7. The number of amidine groups is 1. The number of nitrogens with two attached hydrogens (primary N) is 1. The molecule has 2 amide bonds. The van der Waals surface area contributed by atoms with Crippen LogP contribution in [0.15, 0.2) is 66.7 Å². The van der Waals surface area contributed by atoms with Gasteiger partial charge in [-0.15, -0.1) is 0 Å². The Morgan fingerprint density at radius 2 is 1.70 bits per heavy atom. The van der Waals surface area contributed by atoms with Crippen molar-refractivity contribution in [3.63, 3.8) is 0 Å². The molecule has 0 saturated heterocycles. The number of nitrogens with one attached hydrogen (secondary N) is 4. The maximum atomic E-state index is 13.4. The first kappa shape index (κ1) is 29.4. The van der Waals surface area contributed by atoms with Crippen LogP contribution in [-0.4, -0.2) is 42.4 Å². The topological polar surface area (TPSA) is 168 Å². The molecule has 0 bridgehead atoms. The molecule has 40 heavy (non-hydrogen) atoms. The fourth-order valence-corrected chi connectivity index (χ4v) is 3.67. The Hall–Kier alpha value is -5.13.